The summed E-state index contributed by atoms with van der Waals surface area (Å²) in [6.45, 7) is -3.92. The molecular weight excluding hydrogens is 718 g/mol. The lowest BCUT2D eigenvalue weighted by atomic mass is 9.93. The van der Waals surface area contributed by atoms with Gasteiger partial charge in [-0.2, -0.15) is 114 Å². The number of hydrogen-bond acceptors (Lipinski definition) is 2. The van der Waals surface area contributed by atoms with Gasteiger partial charge in [-0.05, 0) is 0 Å². The van der Waals surface area contributed by atoms with E-state index in [0.29, 0.717) is 0 Å². The highest BCUT2D eigenvalue weighted by atomic mass is 19.4. The molecule has 0 aromatic carbocycles. The second-order valence-corrected chi connectivity index (χ2v) is 7.95. The summed E-state index contributed by atoms with van der Waals surface area (Å²) in [5.74, 6) is -73.8. The SMILES string of the molecule is OCCC(F)(F)C(F)(F)C(F)(F)C(F)(F)C(F)(F)C(F)(F)F.OCCC(F)(F)C(F)(F)C(F)(F)C(F)(F)C(F)(F)C(F)(F)F. The van der Waals surface area contributed by atoms with E-state index in [0.717, 1.165) is 0 Å². The Morgan fingerprint density at radius 1 is 0.250 bits per heavy atom. The first-order valence-corrected chi connectivity index (χ1v) is 9.75. The highest BCUT2D eigenvalue weighted by Crippen LogP contribution is 2.62. The van der Waals surface area contributed by atoms with E-state index in [1.807, 2.05) is 0 Å². The van der Waals surface area contributed by atoms with Gasteiger partial charge < -0.3 is 10.2 Å². The fraction of sp³-hybridized carbons (Fsp3) is 1.00. The van der Waals surface area contributed by atoms with Gasteiger partial charge in [0, 0.05) is 26.1 Å². The van der Waals surface area contributed by atoms with Crippen molar-refractivity contribution in [3.8, 4) is 0 Å². The molecule has 0 heterocycles. The zero-order chi connectivity index (χ0) is 36.8. The number of aliphatic hydroxyl groups is 2. The van der Waals surface area contributed by atoms with E-state index in [4.69, 9.17) is 10.2 Å². The van der Waals surface area contributed by atoms with Crippen molar-refractivity contribution in [3.05, 3.63) is 0 Å². The first-order valence-electron chi connectivity index (χ1n) is 9.75. The second kappa shape index (κ2) is 12.0. The summed E-state index contributed by atoms with van der Waals surface area (Å²) in [5, 5.41) is 15.9. The Balaban J connectivity index is 0. The van der Waals surface area contributed by atoms with Crippen LogP contribution >= 0.6 is 0 Å². The normalized spacial score (nSPS) is 16.1. The van der Waals surface area contributed by atoms with Crippen LogP contribution < -0.4 is 0 Å². The van der Waals surface area contributed by atoms with E-state index >= 15 is 0 Å². The molecular formula is C16H10F26O2. The van der Waals surface area contributed by atoms with E-state index in [9.17, 15) is 114 Å². The van der Waals surface area contributed by atoms with E-state index in [1.165, 1.54) is 0 Å². The quantitative estimate of drug-likeness (QED) is 0.199. The van der Waals surface area contributed by atoms with Crippen LogP contribution in [0.4, 0.5) is 114 Å². The predicted molar refractivity (Wildman–Crippen MR) is 85.0 cm³/mol. The molecule has 0 saturated heterocycles. The molecule has 2 N–H and O–H groups in total. The van der Waals surface area contributed by atoms with Gasteiger partial charge in [0.15, 0.2) is 0 Å². The third kappa shape index (κ3) is 6.64. The van der Waals surface area contributed by atoms with Gasteiger partial charge >= 0.3 is 71.6 Å². The summed E-state index contributed by atoms with van der Waals surface area (Å²) < 4.78 is 323. The van der Waals surface area contributed by atoms with E-state index in [1.54, 1.807) is 0 Å². The predicted octanol–water partition coefficient (Wildman–Crippen LogP) is 8.22. The van der Waals surface area contributed by atoms with Crippen molar-refractivity contribution in [3.63, 3.8) is 0 Å². The van der Waals surface area contributed by atoms with Gasteiger partial charge in [0.2, 0.25) is 0 Å². The fourth-order valence-corrected chi connectivity index (χ4v) is 2.20. The molecule has 0 aliphatic rings. The Hall–Kier alpha value is -1.90. The van der Waals surface area contributed by atoms with Gasteiger partial charge in [-0.15, -0.1) is 0 Å². The van der Waals surface area contributed by atoms with Gasteiger partial charge in [-0.1, -0.05) is 0 Å². The maximum Gasteiger partial charge on any atom is 0.460 e. The average molecular weight is 728 g/mol. The first-order chi connectivity index (χ1) is 18.6. The molecule has 268 valence electrons. The Labute approximate surface area is 223 Å². The third-order valence-corrected chi connectivity index (χ3v) is 4.85. The average Bonchev–Trinajstić information content (AvgIpc) is 2.76. The molecule has 0 rings (SSSR count). The highest BCUT2D eigenvalue weighted by Gasteiger charge is 2.91. The Kier molecular flexibility index (Phi) is 12.1. The molecule has 0 aromatic rings. The lowest BCUT2D eigenvalue weighted by Gasteiger charge is -2.39. The third-order valence-electron chi connectivity index (χ3n) is 4.85. The Bertz CT molecular complexity index is 867. The number of rotatable bonds is 12. The molecule has 0 aliphatic carbocycles. The van der Waals surface area contributed by atoms with Crippen LogP contribution in [0.2, 0.25) is 0 Å². The summed E-state index contributed by atoms with van der Waals surface area (Å²) in [6, 6.07) is 0. The molecule has 0 spiro atoms. The zero-order valence-corrected chi connectivity index (χ0v) is 19.5. The largest absolute Gasteiger partial charge is 0.460 e. The van der Waals surface area contributed by atoms with Crippen LogP contribution in [0.3, 0.4) is 0 Å². The topological polar surface area (TPSA) is 40.5 Å². The number of halogens is 26. The number of hydrogen-bond donors (Lipinski definition) is 2. The van der Waals surface area contributed by atoms with Gasteiger partial charge in [0.1, 0.15) is 0 Å². The van der Waals surface area contributed by atoms with E-state index < -0.39 is 97.6 Å². The standard InChI is InChI=1S/2C8H5F13O/c2*9-3(10,1-2-22)4(11,12)5(13,14)6(15,16)7(17,18)8(19,20)21/h2*22H,1-2H2. The van der Waals surface area contributed by atoms with Crippen LogP contribution in [0.25, 0.3) is 0 Å². The van der Waals surface area contributed by atoms with Crippen molar-refractivity contribution >= 4 is 0 Å². The van der Waals surface area contributed by atoms with Crippen LogP contribution in [0, 0.1) is 0 Å². The molecule has 0 amide bonds. The van der Waals surface area contributed by atoms with Crippen LogP contribution in [0.1, 0.15) is 12.8 Å². The smallest absolute Gasteiger partial charge is 0.396 e. The maximum atomic E-state index is 12.8. The molecule has 2 nitrogen and oxygen atoms in total. The lowest BCUT2D eigenvalue weighted by Crippen LogP contribution is -2.70. The molecule has 0 saturated carbocycles. The second-order valence-electron chi connectivity index (χ2n) is 7.95. The van der Waals surface area contributed by atoms with Crippen LogP contribution in [0.15, 0.2) is 0 Å². The molecule has 0 fully saturated rings. The molecule has 0 radical (unpaired) electrons. The van der Waals surface area contributed by atoms with E-state index in [2.05, 4.69) is 0 Å². The minimum Gasteiger partial charge on any atom is -0.396 e. The van der Waals surface area contributed by atoms with E-state index in [-0.39, 0.29) is 0 Å². The molecule has 0 unspecified atom stereocenters. The first kappa shape index (κ1) is 44.2. The summed E-state index contributed by atoms with van der Waals surface area (Å²) in [6.07, 6.45) is -20.0. The fourth-order valence-electron chi connectivity index (χ4n) is 2.20. The summed E-state index contributed by atoms with van der Waals surface area (Å²) in [4.78, 5) is 0. The monoisotopic (exact) mass is 728 g/mol. The van der Waals surface area contributed by atoms with Crippen LogP contribution in [-0.2, 0) is 0 Å². The molecule has 28 heteroatoms. The molecule has 44 heavy (non-hydrogen) atoms. The van der Waals surface area contributed by atoms with Crippen LogP contribution in [-0.4, -0.2) is 95.0 Å². The Morgan fingerprint density at radius 3 is 0.545 bits per heavy atom. The van der Waals surface area contributed by atoms with Crippen molar-refractivity contribution in [2.45, 2.75) is 84.4 Å². The van der Waals surface area contributed by atoms with Crippen molar-refractivity contribution < 1.29 is 124 Å². The number of aliphatic hydroxyl groups excluding tert-OH is 2. The molecule has 0 aromatic heterocycles. The number of alkyl halides is 26. The van der Waals surface area contributed by atoms with Crippen molar-refractivity contribution in [1.29, 1.82) is 0 Å². The molecule has 0 aliphatic heterocycles. The van der Waals surface area contributed by atoms with Gasteiger partial charge in [-0.25, -0.2) is 0 Å². The van der Waals surface area contributed by atoms with Crippen molar-refractivity contribution in [2.75, 3.05) is 13.2 Å². The zero-order valence-electron chi connectivity index (χ0n) is 19.5. The minimum atomic E-state index is -7.89. The van der Waals surface area contributed by atoms with Crippen LogP contribution in [0.5, 0.6) is 0 Å². The van der Waals surface area contributed by atoms with Gasteiger partial charge in [-0.3, -0.25) is 0 Å². The van der Waals surface area contributed by atoms with Gasteiger partial charge in [0.05, 0.1) is 0 Å². The summed E-state index contributed by atoms with van der Waals surface area (Å²) in [7, 11) is 0. The van der Waals surface area contributed by atoms with Crippen molar-refractivity contribution in [1.82, 2.24) is 0 Å². The minimum absolute atomic E-state index is 1.96. The lowest BCUT2D eigenvalue weighted by molar-refractivity contribution is -0.440. The van der Waals surface area contributed by atoms with Gasteiger partial charge in [0.25, 0.3) is 0 Å². The van der Waals surface area contributed by atoms with Crippen molar-refractivity contribution in [2.24, 2.45) is 0 Å². The highest BCUT2D eigenvalue weighted by molar-refractivity contribution is 5.11. The molecule has 0 atom stereocenters. The summed E-state index contributed by atoms with van der Waals surface area (Å²) in [5.41, 5.74) is 0. The maximum absolute atomic E-state index is 12.8. The Morgan fingerprint density at radius 2 is 0.409 bits per heavy atom. The summed E-state index contributed by atoms with van der Waals surface area (Å²) >= 11 is 0. The molecule has 0 bridgehead atoms.